The highest BCUT2D eigenvalue weighted by Crippen LogP contribution is 2.31. The molecule has 3 heterocycles. The first kappa shape index (κ1) is 18.7. The van der Waals surface area contributed by atoms with Crippen LogP contribution < -0.4 is 5.32 Å². The van der Waals surface area contributed by atoms with Crippen LogP contribution in [0.2, 0.25) is 0 Å². The lowest BCUT2D eigenvalue weighted by Crippen LogP contribution is -2.13. The molecule has 0 unspecified atom stereocenters. The zero-order valence-corrected chi connectivity index (χ0v) is 16.4. The van der Waals surface area contributed by atoms with Gasteiger partial charge in [0.15, 0.2) is 5.76 Å². The van der Waals surface area contributed by atoms with Gasteiger partial charge in [-0.3, -0.25) is 9.78 Å². The molecule has 0 bridgehead atoms. The second-order valence-corrected chi connectivity index (χ2v) is 6.94. The standard InChI is InChI=1S/C23H16FN5O2/c1-14-21(22(28-31-14)15-5-3-2-4-6-15)27-23(30)19-11-25-13-20-18(19)12-26-29(20)17-9-7-16(24)8-10-17/h2-13H,1H3,(H,27,30). The Kier molecular flexibility index (Phi) is 4.51. The van der Waals surface area contributed by atoms with Crippen LogP contribution in [-0.2, 0) is 0 Å². The molecular formula is C23H16FN5O2. The van der Waals surface area contributed by atoms with Gasteiger partial charge in [0.25, 0.3) is 5.91 Å². The van der Waals surface area contributed by atoms with Crippen molar-refractivity contribution in [1.29, 1.82) is 0 Å². The maximum Gasteiger partial charge on any atom is 0.258 e. The first-order chi connectivity index (χ1) is 15.1. The maximum absolute atomic E-state index is 13.3. The van der Waals surface area contributed by atoms with Crippen LogP contribution in [0.5, 0.6) is 0 Å². The number of halogens is 1. The summed E-state index contributed by atoms with van der Waals surface area (Å²) in [5, 5.41) is 12.0. The van der Waals surface area contributed by atoms with E-state index in [2.05, 4.69) is 20.6 Å². The van der Waals surface area contributed by atoms with Crippen molar-refractivity contribution < 1.29 is 13.7 Å². The quantitative estimate of drug-likeness (QED) is 0.458. The predicted molar refractivity (Wildman–Crippen MR) is 113 cm³/mol. The Bertz CT molecular complexity index is 1390. The highest BCUT2D eigenvalue weighted by Gasteiger charge is 2.20. The SMILES string of the molecule is Cc1onc(-c2ccccc2)c1NC(=O)c1cncc2c1cnn2-c1ccc(F)cc1. The lowest BCUT2D eigenvalue weighted by Gasteiger charge is -2.07. The summed E-state index contributed by atoms with van der Waals surface area (Å²) in [6.07, 6.45) is 4.69. The normalized spacial score (nSPS) is 11.0. The Labute approximate surface area is 176 Å². The lowest BCUT2D eigenvalue weighted by molar-refractivity contribution is 0.102. The molecule has 0 saturated heterocycles. The summed E-state index contributed by atoms with van der Waals surface area (Å²) in [5.41, 5.74) is 3.52. The van der Waals surface area contributed by atoms with E-state index in [1.54, 1.807) is 36.1 Å². The van der Waals surface area contributed by atoms with Gasteiger partial charge in [0.1, 0.15) is 17.2 Å². The average Bonchev–Trinajstić information content (AvgIpc) is 3.39. The van der Waals surface area contributed by atoms with Crippen molar-refractivity contribution in [3.63, 3.8) is 0 Å². The molecule has 31 heavy (non-hydrogen) atoms. The Morgan fingerprint density at radius 3 is 2.58 bits per heavy atom. The molecule has 0 fully saturated rings. The molecule has 0 spiro atoms. The number of nitrogens with one attached hydrogen (secondary N) is 1. The molecule has 0 aliphatic carbocycles. The molecule has 7 nitrogen and oxygen atoms in total. The van der Waals surface area contributed by atoms with Crippen LogP contribution in [0, 0.1) is 12.7 Å². The molecule has 5 aromatic rings. The van der Waals surface area contributed by atoms with Gasteiger partial charge in [0, 0.05) is 17.1 Å². The molecule has 1 amide bonds. The topological polar surface area (TPSA) is 85.8 Å². The zero-order valence-electron chi connectivity index (χ0n) is 16.4. The van der Waals surface area contributed by atoms with Gasteiger partial charge >= 0.3 is 0 Å². The summed E-state index contributed by atoms with van der Waals surface area (Å²) in [7, 11) is 0. The van der Waals surface area contributed by atoms with Crippen LogP contribution >= 0.6 is 0 Å². The van der Waals surface area contributed by atoms with E-state index in [0.717, 1.165) is 5.56 Å². The summed E-state index contributed by atoms with van der Waals surface area (Å²) < 4.78 is 20.2. The molecule has 8 heteroatoms. The molecule has 5 rings (SSSR count). The van der Waals surface area contributed by atoms with Crippen LogP contribution in [0.1, 0.15) is 16.1 Å². The van der Waals surface area contributed by atoms with E-state index < -0.39 is 0 Å². The molecule has 0 radical (unpaired) electrons. The van der Waals surface area contributed by atoms with E-state index in [1.165, 1.54) is 18.3 Å². The Morgan fingerprint density at radius 1 is 1.03 bits per heavy atom. The largest absolute Gasteiger partial charge is 0.359 e. The van der Waals surface area contributed by atoms with Gasteiger partial charge in [-0.05, 0) is 31.2 Å². The van der Waals surface area contributed by atoms with E-state index >= 15 is 0 Å². The van der Waals surface area contributed by atoms with Crippen LogP contribution in [0.25, 0.3) is 27.8 Å². The van der Waals surface area contributed by atoms with Crippen molar-refractivity contribution in [2.75, 3.05) is 5.32 Å². The molecule has 152 valence electrons. The van der Waals surface area contributed by atoms with Crippen molar-refractivity contribution in [2.45, 2.75) is 6.92 Å². The minimum absolute atomic E-state index is 0.336. The van der Waals surface area contributed by atoms with Gasteiger partial charge in [-0.1, -0.05) is 35.5 Å². The molecule has 0 aliphatic heterocycles. The Hall–Kier alpha value is -4.33. The van der Waals surface area contributed by atoms with Crippen LogP contribution in [0.15, 0.2) is 77.7 Å². The third kappa shape index (κ3) is 3.33. The number of hydrogen-bond donors (Lipinski definition) is 1. The van der Waals surface area contributed by atoms with Crippen molar-refractivity contribution in [1.82, 2.24) is 19.9 Å². The van der Waals surface area contributed by atoms with Gasteiger partial charge < -0.3 is 9.84 Å². The van der Waals surface area contributed by atoms with Crippen LogP contribution in [0.3, 0.4) is 0 Å². The number of rotatable bonds is 4. The second kappa shape index (κ2) is 7.49. The number of anilines is 1. The number of aromatic nitrogens is 4. The maximum atomic E-state index is 13.3. The first-order valence-corrected chi connectivity index (χ1v) is 9.52. The van der Waals surface area contributed by atoms with E-state index in [1.807, 2.05) is 30.3 Å². The van der Waals surface area contributed by atoms with Gasteiger partial charge in [-0.25, -0.2) is 9.07 Å². The monoisotopic (exact) mass is 413 g/mol. The Morgan fingerprint density at radius 2 is 1.81 bits per heavy atom. The number of carbonyl (C=O) groups is 1. The molecular weight excluding hydrogens is 397 g/mol. The molecule has 3 aromatic heterocycles. The summed E-state index contributed by atoms with van der Waals surface area (Å²) in [5.74, 6) is -0.203. The molecule has 0 aliphatic rings. The van der Waals surface area contributed by atoms with E-state index in [9.17, 15) is 9.18 Å². The van der Waals surface area contributed by atoms with Gasteiger partial charge in [-0.2, -0.15) is 5.10 Å². The summed E-state index contributed by atoms with van der Waals surface area (Å²) in [4.78, 5) is 17.4. The second-order valence-electron chi connectivity index (χ2n) is 6.94. The Balaban J connectivity index is 1.52. The number of amides is 1. The highest BCUT2D eigenvalue weighted by molar-refractivity contribution is 6.13. The van der Waals surface area contributed by atoms with Crippen molar-refractivity contribution >= 4 is 22.5 Å². The van der Waals surface area contributed by atoms with Crippen molar-refractivity contribution in [3.05, 3.63) is 90.3 Å². The summed E-state index contributed by atoms with van der Waals surface area (Å²) in [6.45, 7) is 1.74. The number of fused-ring (bicyclic) bond motifs is 1. The molecule has 0 atom stereocenters. The highest BCUT2D eigenvalue weighted by atomic mass is 19.1. The fourth-order valence-corrected chi connectivity index (χ4v) is 3.40. The van der Waals surface area contributed by atoms with Crippen molar-refractivity contribution in [3.8, 4) is 16.9 Å². The van der Waals surface area contributed by atoms with E-state index in [-0.39, 0.29) is 11.7 Å². The van der Waals surface area contributed by atoms with Crippen LogP contribution in [0.4, 0.5) is 10.1 Å². The fourth-order valence-electron chi connectivity index (χ4n) is 3.40. The number of benzene rings is 2. The van der Waals surface area contributed by atoms with Gasteiger partial charge in [0.2, 0.25) is 0 Å². The third-order valence-corrected chi connectivity index (χ3v) is 4.96. The summed E-state index contributed by atoms with van der Waals surface area (Å²) in [6, 6.07) is 15.4. The molecule has 1 N–H and O–H groups in total. The van der Waals surface area contributed by atoms with Crippen LogP contribution in [-0.4, -0.2) is 25.8 Å². The van der Waals surface area contributed by atoms with E-state index in [0.29, 0.717) is 39.3 Å². The van der Waals surface area contributed by atoms with Crippen molar-refractivity contribution in [2.24, 2.45) is 0 Å². The summed E-state index contributed by atoms with van der Waals surface area (Å²) >= 11 is 0. The number of aryl methyl sites for hydroxylation is 1. The molecule has 0 saturated carbocycles. The number of nitrogens with zero attached hydrogens (tertiary/aromatic N) is 4. The minimum atomic E-state index is -0.361. The number of hydrogen-bond acceptors (Lipinski definition) is 5. The lowest BCUT2D eigenvalue weighted by atomic mass is 10.1. The minimum Gasteiger partial charge on any atom is -0.359 e. The zero-order chi connectivity index (χ0) is 21.4. The predicted octanol–water partition coefficient (Wildman–Crippen LogP) is 4.78. The average molecular weight is 413 g/mol. The van der Waals surface area contributed by atoms with E-state index in [4.69, 9.17) is 4.52 Å². The van der Waals surface area contributed by atoms with Gasteiger partial charge in [-0.15, -0.1) is 0 Å². The van der Waals surface area contributed by atoms with Gasteiger partial charge in [0.05, 0.1) is 29.2 Å². The fraction of sp³-hybridized carbons (Fsp3) is 0.0435. The smallest absolute Gasteiger partial charge is 0.258 e. The number of pyridine rings is 1. The third-order valence-electron chi connectivity index (χ3n) is 4.96. The molecule has 2 aromatic carbocycles. The first-order valence-electron chi connectivity index (χ1n) is 9.52. The number of carbonyl (C=O) groups excluding carboxylic acids is 1.